The monoisotopic (exact) mass is 271 g/mol. The average Bonchev–Trinajstić information content (AvgIpc) is 2.64. The molecule has 7 heteroatoms. The highest BCUT2D eigenvalue weighted by atomic mass is 32.1. The van der Waals surface area contributed by atoms with Crippen molar-refractivity contribution in [3.05, 3.63) is 11.1 Å². The Labute approximate surface area is 110 Å². The van der Waals surface area contributed by atoms with Crippen LogP contribution in [0.2, 0.25) is 0 Å². The van der Waals surface area contributed by atoms with Crippen LogP contribution >= 0.6 is 11.3 Å². The van der Waals surface area contributed by atoms with Gasteiger partial charge in [0.2, 0.25) is 5.91 Å². The summed E-state index contributed by atoms with van der Waals surface area (Å²) in [7, 11) is 3.85. The molecular formula is C11H17N3O3S. The molecule has 0 bridgehead atoms. The van der Waals surface area contributed by atoms with Gasteiger partial charge >= 0.3 is 5.97 Å². The molecule has 100 valence electrons. The van der Waals surface area contributed by atoms with Gasteiger partial charge in [0.1, 0.15) is 0 Å². The molecule has 0 spiro atoms. The minimum Gasteiger partial charge on any atom is -0.481 e. The molecule has 1 aromatic heterocycles. The van der Waals surface area contributed by atoms with Crippen LogP contribution in [-0.4, -0.2) is 54.1 Å². The molecule has 0 aliphatic carbocycles. The van der Waals surface area contributed by atoms with E-state index in [0.29, 0.717) is 17.4 Å². The second-order valence-corrected chi connectivity index (χ2v) is 5.00. The summed E-state index contributed by atoms with van der Waals surface area (Å²) in [5, 5.41) is 10.9. The Kier molecular flexibility index (Phi) is 5.24. The number of carbonyl (C=O) groups excluding carboxylic acids is 1. The van der Waals surface area contributed by atoms with Gasteiger partial charge in [-0.05, 0) is 14.1 Å². The predicted octanol–water partition coefficient (Wildman–Crippen LogP) is 0.685. The summed E-state index contributed by atoms with van der Waals surface area (Å²) in [6.45, 7) is 2.75. The first-order valence-corrected chi connectivity index (χ1v) is 6.37. The van der Waals surface area contributed by atoms with Crippen molar-refractivity contribution in [3.63, 3.8) is 0 Å². The zero-order valence-electron chi connectivity index (χ0n) is 10.7. The number of rotatable bonds is 6. The van der Waals surface area contributed by atoms with Crippen molar-refractivity contribution in [2.24, 2.45) is 0 Å². The van der Waals surface area contributed by atoms with E-state index in [1.807, 2.05) is 19.0 Å². The summed E-state index contributed by atoms with van der Waals surface area (Å²) in [6, 6.07) is 0. The molecule has 0 radical (unpaired) electrons. The summed E-state index contributed by atoms with van der Waals surface area (Å²) in [5.41, 5.74) is 0.485. The van der Waals surface area contributed by atoms with Gasteiger partial charge in [-0.15, -0.1) is 11.3 Å². The summed E-state index contributed by atoms with van der Waals surface area (Å²) in [5.74, 6) is -1.01. The summed E-state index contributed by atoms with van der Waals surface area (Å²) in [6.07, 6.45) is -0.115. The molecule has 0 aliphatic heterocycles. The quantitative estimate of drug-likeness (QED) is 0.824. The van der Waals surface area contributed by atoms with E-state index in [1.54, 1.807) is 10.3 Å². The second-order valence-electron chi connectivity index (χ2n) is 4.17. The molecule has 1 rings (SSSR count). The Balaban J connectivity index is 2.76. The van der Waals surface area contributed by atoms with Crippen molar-refractivity contribution in [1.29, 1.82) is 0 Å². The number of amides is 1. The SMILES string of the molecule is CC(=O)N(CCN(C)C)c1nc(CC(=O)O)cs1. The lowest BCUT2D eigenvalue weighted by Crippen LogP contribution is -2.35. The molecule has 1 heterocycles. The van der Waals surface area contributed by atoms with Gasteiger partial charge in [0, 0.05) is 25.4 Å². The van der Waals surface area contributed by atoms with Crippen LogP contribution < -0.4 is 4.90 Å². The van der Waals surface area contributed by atoms with Crippen LogP contribution in [0.5, 0.6) is 0 Å². The fraction of sp³-hybridized carbons (Fsp3) is 0.545. The number of hydrogen-bond donors (Lipinski definition) is 1. The number of likely N-dealkylation sites (N-methyl/N-ethyl adjacent to an activating group) is 1. The molecule has 0 aliphatic rings. The molecule has 0 atom stereocenters. The van der Waals surface area contributed by atoms with Gasteiger partial charge in [-0.1, -0.05) is 0 Å². The van der Waals surface area contributed by atoms with Gasteiger partial charge in [-0.25, -0.2) is 4.98 Å². The van der Waals surface area contributed by atoms with Crippen LogP contribution in [0, 0.1) is 0 Å². The smallest absolute Gasteiger partial charge is 0.309 e. The van der Waals surface area contributed by atoms with Crippen molar-refractivity contribution in [3.8, 4) is 0 Å². The highest BCUT2D eigenvalue weighted by molar-refractivity contribution is 7.14. The highest BCUT2D eigenvalue weighted by Crippen LogP contribution is 2.21. The molecule has 1 aromatic rings. The Morgan fingerprint density at radius 1 is 1.39 bits per heavy atom. The zero-order chi connectivity index (χ0) is 13.7. The molecule has 0 aromatic carbocycles. The van der Waals surface area contributed by atoms with Crippen LogP contribution in [-0.2, 0) is 16.0 Å². The minimum absolute atomic E-state index is 0.0897. The highest BCUT2D eigenvalue weighted by Gasteiger charge is 2.16. The number of nitrogens with zero attached hydrogens (tertiary/aromatic N) is 3. The maximum atomic E-state index is 11.5. The maximum Gasteiger partial charge on any atom is 0.309 e. The van der Waals surface area contributed by atoms with Crippen LogP contribution in [0.25, 0.3) is 0 Å². The van der Waals surface area contributed by atoms with E-state index < -0.39 is 5.97 Å². The third kappa shape index (κ3) is 4.42. The Morgan fingerprint density at radius 3 is 2.56 bits per heavy atom. The number of thiazole rings is 1. The van der Waals surface area contributed by atoms with Crippen molar-refractivity contribution in [1.82, 2.24) is 9.88 Å². The van der Waals surface area contributed by atoms with Gasteiger partial charge in [0.15, 0.2) is 5.13 Å². The first-order valence-electron chi connectivity index (χ1n) is 5.49. The minimum atomic E-state index is -0.922. The molecule has 1 N–H and O–H groups in total. The molecule has 6 nitrogen and oxygen atoms in total. The lowest BCUT2D eigenvalue weighted by Gasteiger charge is -2.20. The first-order chi connectivity index (χ1) is 8.40. The second kappa shape index (κ2) is 6.46. The molecular weight excluding hydrogens is 254 g/mol. The zero-order valence-corrected chi connectivity index (χ0v) is 11.5. The third-order valence-corrected chi connectivity index (χ3v) is 3.17. The summed E-state index contributed by atoms with van der Waals surface area (Å²) < 4.78 is 0. The van der Waals surface area contributed by atoms with E-state index in [-0.39, 0.29) is 12.3 Å². The lowest BCUT2D eigenvalue weighted by molar-refractivity contribution is -0.136. The first kappa shape index (κ1) is 14.6. The number of carboxylic acid groups (broad SMARTS) is 1. The van der Waals surface area contributed by atoms with Gasteiger partial charge < -0.3 is 10.0 Å². The summed E-state index contributed by atoms with van der Waals surface area (Å²) in [4.78, 5) is 29.8. The van der Waals surface area contributed by atoms with E-state index in [2.05, 4.69) is 4.98 Å². The largest absolute Gasteiger partial charge is 0.481 e. The van der Waals surface area contributed by atoms with Crippen LogP contribution in [0.15, 0.2) is 5.38 Å². The van der Waals surface area contributed by atoms with Gasteiger partial charge in [0.05, 0.1) is 12.1 Å². The van der Waals surface area contributed by atoms with E-state index in [4.69, 9.17) is 5.11 Å². The fourth-order valence-electron chi connectivity index (χ4n) is 1.34. The van der Waals surface area contributed by atoms with Gasteiger partial charge in [-0.2, -0.15) is 0 Å². The normalized spacial score (nSPS) is 10.7. The lowest BCUT2D eigenvalue weighted by atomic mass is 10.3. The van der Waals surface area contributed by atoms with Crippen LogP contribution in [0.1, 0.15) is 12.6 Å². The predicted molar refractivity (Wildman–Crippen MR) is 70.0 cm³/mol. The fourth-order valence-corrected chi connectivity index (χ4v) is 2.24. The molecule has 0 saturated carbocycles. The van der Waals surface area contributed by atoms with E-state index in [9.17, 15) is 9.59 Å². The molecule has 0 unspecified atom stereocenters. The number of aliphatic carboxylic acids is 1. The Bertz CT molecular complexity index is 431. The van der Waals surface area contributed by atoms with Crippen molar-refractivity contribution >= 4 is 28.3 Å². The topological polar surface area (TPSA) is 73.7 Å². The molecule has 0 fully saturated rings. The summed E-state index contributed by atoms with van der Waals surface area (Å²) >= 11 is 1.29. The number of anilines is 1. The van der Waals surface area contributed by atoms with Crippen molar-refractivity contribution in [2.75, 3.05) is 32.1 Å². The number of hydrogen-bond acceptors (Lipinski definition) is 5. The number of aromatic nitrogens is 1. The molecule has 18 heavy (non-hydrogen) atoms. The van der Waals surface area contributed by atoms with Crippen molar-refractivity contribution < 1.29 is 14.7 Å². The third-order valence-electron chi connectivity index (χ3n) is 2.25. The standard InChI is InChI=1S/C11H17N3O3S/c1-8(15)14(5-4-13(2)3)11-12-9(7-18-11)6-10(16)17/h7H,4-6H2,1-3H3,(H,16,17). The van der Waals surface area contributed by atoms with E-state index in [1.165, 1.54) is 18.3 Å². The number of carbonyl (C=O) groups is 2. The average molecular weight is 271 g/mol. The van der Waals surface area contributed by atoms with Crippen LogP contribution in [0.3, 0.4) is 0 Å². The van der Waals surface area contributed by atoms with Crippen LogP contribution in [0.4, 0.5) is 5.13 Å². The van der Waals surface area contributed by atoms with E-state index >= 15 is 0 Å². The molecule has 0 saturated heterocycles. The Morgan fingerprint density at radius 2 is 2.06 bits per heavy atom. The van der Waals surface area contributed by atoms with E-state index in [0.717, 1.165) is 6.54 Å². The van der Waals surface area contributed by atoms with Gasteiger partial charge in [-0.3, -0.25) is 14.5 Å². The Hall–Kier alpha value is -1.47. The van der Waals surface area contributed by atoms with Gasteiger partial charge in [0.25, 0.3) is 0 Å². The maximum absolute atomic E-state index is 11.5. The number of carboxylic acids is 1. The molecule has 1 amide bonds. The van der Waals surface area contributed by atoms with Crippen molar-refractivity contribution in [2.45, 2.75) is 13.3 Å².